The molecular weight excluding hydrogens is 492 g/mol. The summed E-state index contributed by atoms with van der Waals surface area (Å²) in [6, 6.07) is 5.90. The molecule has 196 valence electrons. The lowest BCUT2D eigenvalue weighted by molar-refractivity contribution is -0.123. The van der Waals surface area contributed by atoms with Crippen molar-refractivity contribution in [3.63, 3.8) is 0 Å². The molecule has 2 aliphatic carbocycles. The van der Waals surface area contributed by atoms with Gasteiger partial charge in [0.05, 0.1) is 11.9 Å². The Balaban J connectivity index is 1.31. The van der Waals surface area contributed by atoms with Crippen molar-refractivity contribution in [2.24, 2.45) is 17.6 Å². The molecule has 1 atom stereocenters. The third-order valence-corrected chi connectivity index (χ3v) is 7.42. The molecule has 0 radical (unpaired) electrons. The van der Waals surface area contributed by atoms with Gasteiger partial charge in [0.2, 0.25) is 0 Å². The third-order valence-electron chi connectivity index (χ3n) is 7.21. The monoisotopic (exact) mass is 524 g/mol. The SMILES string of the molecule is C[C@H](CN)C(=O)CC1CCC(Nc2cc(NC3CC3)c3ncc(C(=O)Nc4ccnc(Cl)c4)n3n2)CC1. The quantitative estimate of drug-likeness (QED) is 0.290. The Labute approximate surface area is 220 Å². The van der Waals surface area contributed by atoms with Crippen molar-refractivity contribution in [3.05, 3.63) is 41.4 Å². The number of pyridine rings is 1. The number of fused-ring (bicyclic) bond motifs is 1. The van der Waals surface area contributed by atoms with Gasteiger partial charge in [-0.05, 0) is 56.6 Å². The molecule has 10 nitrogen and oxygen atoms in total. The van der Waals surface area contributed by atoms with Gasteiger partial charge in [0.25, 0.3) is 5.91 Å². The largest absolute Gasteiger partial charge is 0.379 e. The summed E-state index contributed by atoms with van der Waals surface area (Å²) in [7, 11) is 0. The third kappa shape index (κ3) is 6.19. The number of nitrogens with one attached hydrogen (secondary N) is 3. The van der Waals surface area contributed by atoms with Crippen LogP contribution >= 0.6 is 11.6 Å². The number of amides is 1. The maximum atomic E-state index is 13.1. The van der Waals surface area contributed by atoms with Crippen LogP contribution in [-0.4, -0.2) is 49.9 Å². The number of imidazole rings is 1. The van der Waals surface area contributed by atoms with Gasteiger partial charge in [-0.25, -0.2) is 14.5 Å². The van der Waals surface area contributed by atoms with Crippen LogP contribution in [0.2, 0.25) is 5.15 Å². The highest BCUT2D eigenvalue weighted by atomic mass is 35.5. The number of nitrogens with zero attached hydrogens (tertiary/aromatic N) is 4. The van der Waals surface area contributed by atoms with Crippen LogP contribution < -0.4 is 21.7 Å². The summed E-state index contributed by atoms with van der Waals surface area (Å²) >= 11 is 5.96. The van der Waals surface area contributed by atoms with E-state index in [4.69, 9.17) is 22.4 Å². The van der Waals surface area contributed by atoms with Crippen LogP contribution in [0.4, 0.5) is 17.2 Å². The molecular formula is C26H33ClN8O2. The molecule has 2 aliphatic rings. The van der Waals surface area contributed by atoms with Crippen molar-refractivity contribution >= 4 is 46.1 Å². The van der Waals surface area contributed by atoms with E-state index in [1.165, 1.54) is 12.4 Å². The number of halogens is 1. The highest BCUT2D eigenvalue weighted by Crippen LogP contribution is 2.32. The van der Waals surface area contributed by atoms with Gasteiger partial charge in [-0.1, -0.05) is 18.5 Å². The molecule has 2 fully saturated rings. The van der Waals surface area contributed by atoms with E-state index >= 15 is 0 Å². The van der Waals surface area contributed by atoms with Gasteiger partial charge < -0.3 is 21.7 Å². The van der Waals surface area contributed by atoms with E-state index in [0.717, 1.165) is 44.2 Å². The summed E-state index contributed by atoms with van der Waals surface area (Å²) in [6.45, 7) is 2.31. The summed E-state index contributed by atoms with van der Waals surface area (Å²) in [6.07, 6.45) is 9.80. The molecule has 3 aromatic rings. The van der Waals surface area contributed by atoms with Crippen molar-refractivity contribution < 1.29 is 9.59 Å². The number of hydrogen-bond donors (Lipinski definition) is 4. The van der Waals surface area contributed by atoms with E-state index < -0.39 is 0 Å². The molecule has 3 heterocycles. The average molecular weight is 525 g/mol. The van der Waals surface area contributed by atoms with Crippen molar-refractivity contribution in [2.45, 2.75) is 64.0 Å². The van der Waals surface area contributed by atoms with Crippen molar-refractivity contribution in [3.8, 4) is 0 Å². The number of Topliss-reactive ketones (excluding diaryl/α,β-unsaturated/α-hetero) is 1. The van der Waals surface area contributed by atoms with Crippen LogP contribution in [0, 0.1) is 11.8 Å². The Morgan fingerprint density at radius 1 is 1.11 bits per heavy atom. The summed E-state index contributed by atoms with van der Waals surface area (Å²) in [4.78, 5) is 33.8. The number of rotatable bonds is 10. The Morgan fingerprint density at radius 2 is 1.84 bits per heavy atom. The lowest BCUT2D eigenvalue weighted by Gasteiger charge is -2.29. The average Bonchev–Trinajstić information content (AvgIpc) is 3.59. The Kier molecular flexibility index (Phi) is 7.57. The first kappa shape index (κ1) is 25.4. The fraction of sp³-hybridized carbons (Fsp3) is 0.500. The van der Waals surface area contributed by atoms with E-state index in [9.17, 15) is 9.59 Å². The van der Waals surface area contributed by atoms with E-state index in [2.05, 4.69) is 25.9 Å². The van der Waals surface area contributed by atoms with Crippen molar-refractivity contribution in [2.75, 3.05) is 22.5 Å². The predicted octanol–water partition coefficient (Wildman–Crippen LogP) is 4.13. The number of ketones is 1. The van der Waals surface area contributed by atoms with Crippen molar-refractivity contribution in [1.82, 2.24) is 19.6 Å². The highest BCUT2D eigenvalue weighted by molar-refractivity contribution is 6.29. The number of carbonyl (C=O) groups excluding carboxylic acids is 2. The fourth-order valence-electron chi connectivity index (χ4n) is 4.76. The van der Waals surface area contributed by atoms with E-state index in [-0.39, 0.29) is 23.7 Å². The van der Waals surface area contributed by atoms with E-state index in [1.807, 2.05) is 13.0 Å². The Morgan fingerprint density at radius 3 is 2.54 bits per heavy atom. The number of carbonyl (C=O) groups is 2. The zero-order valence-corrected chi connectivity index (χ0v) is 21.7. The molecule has 11 heteroatoms. The Hall–Kier alpha value is -3.24. The molecule has 3 aromatic heterocycles. The van der Waals surface area contributed by atoms with E-state index in [0.29, 0.717) is 52.9 Å². The lowest BCUT2D eigenvalue weighted by Crippen LogP contribution is -2.29. The zero-order chi connectivity index (χ0) is 25.9. The minimum absolute atomic E-state index is 0.0683. The van der Waals surface area contributed by atoms with E-state index in [1.54, 1.807) is 16.6 Å². The number of hydrogen-bond acceptors (Lipinski definition) is 8. The number of aromatic nitrogens is 4. The molecule has 0 saturated heterocycles. The summed E-state index contributed by atoms with van der Waals surface area (Å²) in [5.41, 5.74) is 7.97. The first-order chi connectivity index (χ1) is 17.9. The molecule has 0 unspecified atom stereocenters. The summed E-state index contributed by atoms with van der Waals surface area (Å²) in [5.74, 6) is 0.954. The molecule has 0 spiro atoms. The molecule has 5 N–H and O–H groups in total. The van der Waals surface area contributed by atoms with Crippen molar-refractivity contribution in [1.29, 1.82) is 0 Å². The standard InChI is InChI=1S/C26H33ClN8O2/c1-15(13-28)22(36)10-16-2-4-18(5-3-16)32-24-12-20(31-17-6-7-17)25-30-14-21(35(25)34-24)26(37)33-19-8-9-29-23(27)11-19/h8-9,11-12,14-18,31H,2-7,10,13,28H2,1H3,(H,32,34)(H,29,33,37)/t15-,16?,18?/m1/s1. The first-order valence-corrected chi connectivity index (χ1v) is 13.3. The second kappa shape index (κ2) is 11.0. The topological polar surface area (TPSA) is 139 Å². The number of anilines is 3. The lowest BCUT2D eigenvalue weighted by atomic mass is 9.81. The summed E-state index contributed by atoms with van der Waals surface area (Å²) in [5, 5.41) is 15.0. The molecule has 0 aromatic carbocycles. The summed E-state index contributed by atoms with van der Waals surface area (Å²) < 4.78 is 1.59. The second-order valence-electron chi connectivity index (χ2n) is 10.2. The zero-order valence-electron chi connectivity index (χ0n) is 20.9. The maximum Gasteiger partial charge on any atom is 0.276 e. The molecule has 0 bridgehead atoms. The normalized spacial score (nSPS) is 20.4. The van der Waals surface area contributed by atoms with Crippen LogP contribution in [0.1, 0.15) is 62.4 Å². The highest BCUT2D eigenvalue weighted by Gasteiger charge is 2.27. The molecule has 2 saturated carbocycles. The van der Waals surface area contributed by atoms with Crippen LogP contribution in [-0.2, 0) is 4.79 Å². The van der Waals surface area contributed by atoms with Crippen LogP contribution in [0.5, 0.6) is 0 Å². The van der Waals surface area contributed by atoms with Gasteiger partial charge in [0, 0.05) is 48.9 Å². The first-order valence-electron chi connectivity index (χ1n) is 13.0. The van der Waals surface area contributed by atoms with Gasteiger partial charge in [-0.15, -0.1) is 5.10 Å². The Bertz CT molecular complexity index is 1280. The molecule has 0 aliphatic heterocycles. The fourth-order valence-corrected chi connectivity index (χ4v) is 4.93. The maximum absolute atomic E-state index is 13.1. The van der Waals surface area contributed by atoms with Gasteiger partial charge in [0.15, 0.2) is 11.3 Å². The van der Waals surface area contributed by atoms with Gasteiger partial charge in [-0.2, -0.15) is 0 Å². The van der Waals surface area contributed by atoms with Crippen LogP contribution in [0.25, 0.3) is 5.65 Å². The predicted molar refractivity (Wildman–Crippen MR) is 144 cm³/mol. The second-order valence-corrected chi connectivity index (χ2v) is 10.6. The molecule has 1 amide bonds. The molecule has 37 heavy (non-hydrogen) atoms. The van der Waals surface area contributed by atoms with Crippen LogP contribution in [0.15, 0.2) is 30.6 Å². The van der Waals surface area contributed by atoms with Gasteiger partial charge in [0.1, 0.15) is 16.8 Å². The molecule has 5 rings (SSSR count). The smallest absolute Gasteiger partial charge is 0.276 e. The van der Waals surface area contributed by atoms with Crippen LogP contribution in [0.3, 0.4) is 0 Å². The minimum Gasteiger partial charge on any atom is -0.379 e. The number of nitrogens with two attached hydrogens (primary N) is 1. The minimum atomic E-state index is -0.339. The van der Waals surface area contributed by atoms with Gasteiger partial charge >= 0.3 is 0 Å². The van der Waals surface area contributed by atoms with Gasteiger partial charge in [-0.3, -0.25) is 9.59 Å².